The Hall–Kier alpha value is -1.01. The molecule has 18 heavy (non-hydrogen) atoms. The first-order valence-corrected chi connectivity index (χ1v) is 7.60. The first kappa shape index (κ1) is 13.4. The van der Waals surface area contributed by atoms with Gasteiger partial charge in [0.15, 0.2) is 9.84 Å². The van der Waals surface area contributed by atoms with Crippen LogP contribution in [-0.2, 0) is 16.3 Å². The molecule has 0 amide bonds. The minimum atomic E-state index is -3.02. The summed E-state index contributed by atoms with van der Waals surface area (Å²) in [6, 6.07) is 3.11. The Morgan fingerprint density at radius 2 is 1.94 bits per heavy atom. The summed E-state index contributed by atoms with van der Waals surface area (Å²) in [7, 11) is -3.02. The van der Waals surface area contributed by atoms with Crippen LogP contribution in [0.25, 0.3) is 0 Å². The highest BCUT2D eigenvalue weighted by Gasteiger charge is 2.32. The van der Waals surface area contributed by atoms with Gasteiger partial charge in [0.25, 0.3) is 0 Å². The molecule has 2 atom stereocenters. The molecule has 1 aliphatic rings. The minimum absolute atomic E-state index is 0.0181. The number of rotatable bonds is 3. The fraction of sp³-hybridized carbons (Fsp3) is 0.500. The van der Waals surface area contributed by atoms with Crippen LogP contribution in [0, 0.1) is 17.6 Å². The maximum atomic E-state index is 13.4. The molecule has 2 rings (SSSR count). The zero-order chi connectivity index (χ0) is 13.3. The highest BCUT2D eigenvalue weighted by Crippen LogP contribution is 2.24. The molecule has 6 heteroatoms. The van der Waals surface area contributed by atoms with Crippen molar-refractivity contribution in [1.29, 1.82) is 0 Å². The average molecular weight is 275 g/mol. The molecule has 2 unspecified atom stereocenters. The summed E-state index contributed by atoms with van der Waals surface area (Å²) < 4.78 is 49.5. The molecule has 1 saturated heterocycles. The van der Waals surface area contributed by atoms with Crippen molar-refractivity contribution in [3.63, 3.8) is 0 Å². The predicted molar refractivity (Wildman–Crippen MR) is 64.8 cm³/mol. The molecule has 1 aromatic rings. The third kappa shape index (κ3) is 2.87. The number of halogens is 2. The SMILES string of the molecule is NC(Cc1c(F)cccc1F)C1CCS(=O)(=O)C1. The van der Waals surface area contributed by atoms with E-state index < -0.39 is 27.5 Å². The van der Waals surface area contributed by atoms with Crippen LogP contribution in [0.1, 0.15) is 12.0 Å². The maximum absolute atomic E-state index is 13.4. The van der Waals surface area contributed by atoms with E-state index in [2.05, 4.69) is 0 Å². The second-order valence-corrected chi connectivity index (χ2v) is 6.96. The van der Waals surface area contributed by atoms with E-state index in [1.54, 1.807) is 0 Å². The van der Waals surface area contributed by atoms with E-state index in [1.165, 1.54) is 18.2 Å². The van der Waals surface area contributed by atoms with Gasteiger partial charge >= 0.3 is 0 Å². The number of benzene rings is 1. The lowest BCUT2D eigenvalue weighted by Gasteiger charge is -2.18. The van der Waals surface area contributed by atoms with Gasteiger partial charge in [0.05, 0.1) is 11.5 Å². The van der Waals surface area contributed by atoms with Crippen molar-refractivity contribution in [3.05, 3.63) is 35.4 Å². The molecule has 3 nitrogen and oxygen atoms in total. The van der Waals surface area contributed by atoms with E-state index in [4.69, 9.17) is 5.73 Å². The van der Waals surface area contributed by atoms with Crippen molar-refractivity contribution in [2.45, 2.75) is 18.9 Å². The second kappa shape index (κ2) is 4.93. The second-order valence-electron chi connectivity index (χ2n) is 4.73. The van der Waals surface area contributed by atoms with Crippen molar-refractivity contribution in [3.8, 4) is 0 Å². The molecule has 1 heterocycles. The zero-order valence-electron chi connectivity index (χ0n) is 9.77. The van der Waals surface area contributed by atoms with Gasteiger partial charge < -0.3 is 5.73 Å². The third-order valence-corrected chi connectivity index (χ3v) is 5.17. The fourth-order valence-corrected chi connectivity index (χ4v) is 4.19. The monoisotopic (exact) mass is 275 g/mol. The Bertz CT molecular complexity index is 525. The summed E-state index contributed by atoms with van der Waals surface area (Å²) in [5, 5.41) is 0. The summed E-state index contributed by atoms with van der Waals surface area (Å²) in [5.74, 6) is -1.35. The molecule has 0 spiro atoms. The van der Waals surface area contributed by atoms with Crippen molar-refractivity contribution in [2.75, 3.05) is 11.5 Å². The van der Waals surface area contributed by atoms with Gasteiger partial charge in [0.1, 0.15) is 11.6 Å². The molecule has 0 saturated carbocycles. The Balaban J connectivity index is 2.10. The fourth-order valence-electron chi connectivity index (χ4n) is 2.29. The molecule has 0 aromatic heterocycles. The van der Waals surface area contributed by atoms with Crippen molar-refractivity contribution in [1.82, 2.24) is 0 Å². The van der Waals surface area contributed by atoms with Crippen LogP contribution >= 0.6 is 0 Å². The van der Waals surface area contributed by atoms with Gasteiger partial charge in [0.2, 0.25) is 0 Å². The largest absolute Gasteiger partial charge is 0.327 e. The van der Waals surface area contributed by atoms with Gasteiger partial charge in [-0.2, -0.15) is 0 Å². The van der Waals surface area contributed by atoms with Crippen LogP contribution in [0.15, 0.2) is 18.2 Å². The summed E-state index contributed by atoms with van der Waals surface area (Å²) in [6.45, 7) is 0. The number of hydrogen-bond acceptors (Lipinski definition) is 3. The van der Waals surface area contributed by atoms with Crippen LogP contribution in [0.5, 0.6) is 0 Å². The topological polar surface area (TPSA) is 60.2 Å². The van der Waals surface area contributed by atoms with Gasteiger partial charge in [-0.05, 0) is 30.9 Å². The van der Waals surface area contributed by atoms with Gasteiger partial charge in [0, 0.05) is 11.6 Å². The molecule has 0 bridgehead atoms. The van der Waals surface area contributed by atoms with Gasteiger partial charge in [-0.15, -0.1) is 0 Å². The smallest absolute Gasteiger partial charge is 0.150 e. The van der Waals surface area contributed by atoms with Crippen LogP contribution in [-0.4, -0.2) is 26.0 Å². The van der Waals surface area contributed by atoms with E-state index in [1.807, 2.05) is 0 Å². The van der Waals surface area contributed by atoms with Crippen molar-refractivity contribution < 1.29 is 17.2 Å². The quantitative estimate of drug-likeness (QED) is 0.903. The summed E-state index contributed by atoms with van der Waals surface area (Å²) >= 11 is 0. The molecule has 0 aliphatic carbocycles. The molecule has 100 valence electrons. The lowest BCUT2D eigenvalue weighted by atomic mass is 9.93. The summed E-state index contributed by atoms with van der Waals surface area (Å²) in [6.07, 6.45) is 0.498. The lowest BCUT2D eigenvalue weighted by Crippen LogP contribution is -2.33. The Kier molecular flexibility index (Phi) is 3.68. The number of nitrogens with two attached hydrogens (primary N) is 1. The zero-order valence-corrected chi connectivity index (χ0v) is 10.6. The van der Waals surface area contributed by atoms with E-state index in [-0.39, 0.29) is 29.4 Å². The van der Waals surface area contributed by atoms with Crippen LogP contribution in [0.2, 0.25) is 0 Å². The molecule has 1 aliphatic heterocycles. The Morgan fingerprint density at radius 3 is 2.44 bits per heavy atom. The van der Waals surface area contributed by atoms with Gasteiger partial charge in [-0.3, -0.25) is 0 Å². The van der Waals surface area contributed by atoms with Crippen molar-refractivity contribution in [2.24, 2.45) is 11.7 Å². The first-order valence-electron chi connectivity index (χ1n) is 5.78. The van der Waals surface area contributed by atoms with Crippen LogP contribution < -0.4 is 5.73 Å². The molecule has 1 aromatic carbocycles. The molecular weight excluding hydrogens is 260 g/mol. The Labute approximate surface area is 105 Å². The van der Waals surface area contributed by atoms with Crippen LogP contribution in [0.3, 0.4) is 0 Å². The molecule has 0 radical (unpaired) electrons. The number of hydrogen-bond donors (Lipinski definition) is 1. The summed E-state index contributed by atoms with van der Waals surface area (Å²) in [5.41, 5.74) is 5.81. The van der Waals surface area contributed by atoms with E-state index in [9.17, 15) is 17.2 Å². The van der Waals surface area contributed by atoms with Gasteiger partial charge in [-0.25, -0.2) is 17.2 Å². The van der Waals surface area contributed by atoms with E-state index >= 15 is 0 Å². The number of sulfone groups is 1. The highest BCUT2D eigenvalue weighted by atomic mass is 32.2. The van der Waals surface area contributed by atoms with Gasteiger partial charge in [-0.1, -0.05) is 6.07 Å². The molecular formula is C12H15F2NO2S. The van der Waals surface area contributed by atoms with E-state index in [0.717, 1.165) is 0 Å². The highest BCUT2D eigenvalue weighted by molar-refractivity contribution is 7.91. The normalized spacial score (nSPS) is 24.1. The van der Waals surface area contributed by atoms with E-state index in [0.29, 0.717) is 6.42 Å². The summed E-state index contributed by atoms with van der Waals surface area (Å²) in [4.78, 5) is 0. The van der Waals surface area contributed by atoms with Crippen LogP contribution in [0.4, 0.5) is 8.78 Å². The predicted octanol–water partition coefficient (Wildman–Crippen LogP) is 1.27. The minimum Gasteiger partial charge on any atom is -0.327 e. The van der Waals surface area contributed by atoms with Crippen molar-refractivity contribution >= 4 is 9.84 Å². The first-order chi connectivity index (χ1) is 8.39. The standard InChI is InChI=1S/C12H15F2NO2S/c13-10-2-1-3-11(14)9(10)6-12(15)8-4-5-18(16,17)7-8/h1-3,8,12H,4-7,15H2. The average Bonchev–Trinajstić information content (AvgIpc) is 2.64. The third-order valence-electron chi connectivity index (χ3n) is 3.37. The maximum Gasteiger partial charge on any atom is 0.150 e. The molecule has 1 fully saturated rings. The lowest BCUT2D eigenvalue weighted by molar-refractivity contribution is 0.442. The molecule has 2 N–H and O–H groups in total. The Morgan fingerprint density at radius 1 is 1.33 bits per heavy atom.